The van der Waals surface area contributed by atoms with Crippen LogP contribution in [0, 0.1) is 16.6 Å². The summed E-state index contributed by atoms with van der Waals surface area (Å²) in [6, 6.07) is 16.4. The van der Waals surface area contributed by atoms with Crippen molar-refractivity contribution in [1.29, 1.82) is 0 Å². The molecule has 10 heteroatoms. The molecule has 0 spiro atoms. The topological polar surface area (TPSA) is 43.9 Å². The normalized spacial score (nSPS) is 19.8. The standard InChI is InChI=1S/C32H48I5N3O2/c1-33-27-9-7-25(8-10-27)23-26-13-19-38(20-14-26)17-6-18-40(29-11-12-30(34-2)31(24-29)35-3)37(5,42)28-15-21-39(22-16-28)32(41)36-4/h7-12,24,26,28H,6,13-23H2,1-5H3/q-4. The molecule has 0 aromatic heterocycles. The van der Waals surface area contributed by atoms with Gasteiger partial charge in [0.1, 0.15) is 0 Å². The number of hydrogen-bond acceptors (Lipinski definition) is 3. The van der Waals surface area contributed by atoms with Crippen molar-refractivity contribution in [2.24, 2.45) is 5.92 Å². The minimum absolute atomic E-state index is 0.00884. The second-order valence-corrected chi connectivity index (χ2v) is 27.4. The van der Waals surface area contributed by atoms with Gasteiger partial charge in [-0.2, -0.15) is 0 Å². The molecule has 1 unspecified atom stereocenters. The minimum atomic E-state index is -3.54. The molecule has 4 rings (SSSR count). The molecule has 2 aliphatic rings. The summed E-state index contributed by atoms with van der Waals surface area (Å²) in [5.41, 5.74) is 2.71. The molecule has 5 nitrogen and oxygen atoms in total. The van der Waals surface area contributed by atoms with Gasteiger partial charge in [-0.3, -0.25) is 0 Å². The van der Waals surface area contributed by atoms with E-state index in [-0.39, 0.29) is 67.5 Å². The number of nitrogens with zero attached hydrogens (tertiary/aromatic N) is 3. The van der Waals surface area contributed by atoms with Crippen molar-refractivity contribution in [3.8, 4) is 0 Å². The Morgan fingerprint density at radius 1 is 0.881 bits per heavy atom. The average molecular weight is 1140 g/mol. The molecular weight excluding hydrogens is 1090 g/mol. The van der Waals surface area contributed by atoms with Gasteiger partial charge in [-0.25, -0.2) is 0 Å². The van der Waals surface area contributed by atoms with Crippen LogP contribution in [0.2, 0.25) is 0 Å². The zero-order valence-corrected chi connectivity index (χ0v) is 36.5. The first-order valence-corrected chi connectivity index (χ1v) is 32.9. The van der Waals surface area contributed by atoms with E-state index in [4.69, 9.17) is 0 Å². The van der Waals surface area contributed by atoms with Crippen molar-refractivity contribution in [1.82, 2.24) is 9.80 Å². The van der Waals surface area contributed by atoms with Crippen molar-refractivity contribution in [2.75, 3.05) is 67.0 Å². The summed E-state index contributed by atoms with van der Waals surface area (Å²) in [5.74, 6) is 0.794. The Hall–Kier alpha value is 1.12. The third kappa shape index (κ3) is 9.81. The number of carbonyl (C=O) groups excluding carboxylic acids is 1. The molecule has 2 aromatic carbocycles. The summed E-state index contributed by atoms with van der Waals surface area (Å²) >= 11 is -3.71. The predicted octanol–water partition coefficient (Wildman–Crippen LogP) is -6.26. The summed E-state index contributed by atoms with van der Waals surface area (Å²) in [4.78, 5) is 28.2. The van der Waals surface area contributed by atoms with Gasteiger partial charge in [-0.1, -0.05) is 0 Å². The van der Waals surface area contributed by atoms with Crippen LogP contribution < -0.4 is 87.9 Å². The molecule has 0 bridgehead atoms. The quantitative estimate of drug-likeness (QED) is 0.0660. The Morgan fingerprint density at radius 3 is 2.14 bits per heavy atom. The van der Waals surface area contributed by atoms with Gasteiger partial charge in [0.15, 0.2) is 0 Å². The van der Waals surface area contributed by atoms with Crippen molar-refractivity contribution in [3.63, 3.8) is 0 Å². The van der Waals surface area contributed by atoms with Crippen LogP contribution in [0.4, 0.5) is 10.5 Å². The predicted molar refractivity (Wildman–Crippen MR) is 168 cm³/mol. The van der Waals surface area contributed by atoms with E-state index in [1.54, 1.807) is 7.14 Å². The number of carbonyl (C=O) groups is 1. The summed E-state index contributed by atoms with van der Waals surface area (Å²) in [5, 5.41) is 0. The van der Waals surface area contributed by atoms with Gasteiger partial charge in [-0.15, -0.1) is 0 Å². The summed E-state index contributed by atoms with van der Waals surface area (Å²) in [7, 11) is 0. The Bertz CT molecular complexity index is 1200. The van der Waals surface area contributed by atoms with E-state index in [0.29, 0.717) is 3.91 Å². The number of anilines is 1. The molecule has 1 amide bonds. The Morgan fingerprint density at radius 2 is 1.55 bits per heavy atom. The molecule has 0 radical (unpaired) electrons. The fraction of sp³-hybridized carbons (Fsp3) is 0.594. The van der Waals surface area contributed by atoms with E-state index in [9.17, 15) is 7.86 Å². The van der Waals surface area contributed by atoms with E-state index >= 15 is 0 Å². The third-order valence-corrected chi connectivity index (χ3v) is 25.2. The van der Waals surface area contributed by atoms with Crippen molar-refractivity contribution < 1.29 is 92.7 Å². The summed E-state index contributed by atoms with van der Waals surface area (Å²) < 4.78 is 22.4. The Kier molecular flexibility index (Phi) is 15.3. The molecule has 0 N–H and O–H groups in total. The first kappa shape index (κ1) is 36.0. The maximum atomic E-state index is 14.8. The second-order valence-electron chi connectivity index (χ2n) is 11.1. The van der Waals surface area contributed by atoms with E-state index in [1.807, 2.05) is 4.90 Å². The first-order chi connectivity index (χ1) is 20.3. The van der Waals surface area contributed by atoms with Crippen LogP contribution >= 0.6 is 18.7 Å². The van der Waals surface area contributed by atoms with Gasteiger partial charge in [0.05, 0.1) is 0 Å². The first-order valence-electron chi connectivity index (χ1n) is 14.7. The zero-order chi connectivity index (χ0) is 30.1. The fourth-order valence-electron chi connectivity index (χ4n) is 6.07. The van der Waals surface area contributed by atoms with Crippen molar-refractivity contribution in [3.05, 3.63) is 58.7 Å². The number of hydrogen-bond donors (Lipinski definition) is 0. The van der Waals surface area contributed by atoms with E-state index in [1.165, 1.54) is 47.2 Å². The second kappa shape index (κ2) is 17.9. The van der Waals surface area contributed by atoms with E-state index in [2.05, 4.69) is 75.1 Å². The van der Waals surface area contributed by atoms with Gasteiger partial charge < -0.3 is 0 Å². The van der Waals surface area contributed by atoms with Gasteiger partial charge in [0.25, 0.3) is 0 Å². The molecule has 2 saturated heterocycles. The zero-order valence-electron chi connectivity index (χ0n) is 25.7. The molecule has 2 fully saturated rings. The number of amides is 1. The van der Waals surface area contributed by atoms with Crippen LogP contribution in [0.3, 0.4) is 0 Å². The molecule has 0 aliphatic carbocycles. The maximum absolute atomic E-state index is 14.8. The number of rotatable bonds is 13. The SMILES string of the molecule is C[I-]C(=O)N1CCC(I(C)(=O)N(CCCN2CCC(Cc3ccc([I-]C)cc3)CC2)c2ccc([I-]C)c([I-]C)c2)CC1. The van der Waals surface area contributed by atoms with Gasteiger partial charge >= 0.3 is 305 Å². The number of alkyl halides is 6. The Balaban J connectivity index is 1.38. The number of benzene rings is 2. The molecule has 242 valence electrons. The van der Waals surface area contributed by atoms with Crippen molar-refractivity contribution >= 4 is 28.3 Å². The molecule has 2 heterocycles. The monoisotopic (exact) mass is 1140 g/mol. The molecule has 1 atom stereocenters. The molecule has 2 aliphatic heterocycles. The van der Waals surface area contributed by atoms with Crippen LogP contribution in [-0.4, -0.2) is 81.6 Å². The third-order valence-electron chi connectivity index (χ3n) is 8.59. The summed E-state index contributed by atoms with van der Waals surface area (Å²) in [6.07, 6.45) is 6.63. The number of likely N-dealkylation sites (tertiary alicyclic amines) is 2. The van der Waals surface area contributed by atoms with Crippen LogP contribution in [0.25, 0.3) is 0 Å². The Labute approximate surface area is 300 Å². The number of halogens is 5. The van der Waals surface area contributed by atoms with Gasteiger partial charge in [0, 0.05) is 0 Å². The molecule has 0 saturated carbocycles. The molecule has 42 heavy (non-hydrogen) atoms. The van der Waals surface area contributed by atoms with Crippen LogP contribution in [-0.2, 0) is 9.49 Å². The average Bonchev–Trinajstić information content (AvgIpc) is 3.03. The van der Waals surface area contributed by atoms with Crippen molar-refractivity contribution in [2.45, 2.75) is 42.4 Å². The van der Waals surface area contributed by atoms with Crippen LogP contribution in [0.1, 0.15) is 37.7 Å². The summed E-state index contributed by atoms with van der Waals surface area (Å²) in [6.45, 7) is 5.92. The van der Waals surface area contributed by atoms with E-state index in [0.717, 1.165) is 51.4 Å². The van der Waals surface area contributed by atoms with Gasteiger partial charge in [-0.05, 0) is 0 Å². The van der Waals surface area contributed by atoms with Crippen LogP contribution in [0.5, 0.6) is 0 Å². The van der Waals surface area contributed by atoms with Gasteiger partial charge in [0.2, 0.25) is 0 Å². The van der Waals surface area contributed by atoms with E-state index < -0.39 is 39.9 Å². The molecular formula is C32H48I5N3O2-4. The number of piperidine rings is 2. The fourth-order valence-corrected chi connectivity index (χ4v) is 20.1. The van der Waals surface area contributed by atoms with Crippen LogP contribution in [0.15, 0.2) is 42.5 Å². The molecule has 2 aromatic rings.